The lowest BCUT2D eigenvalue weighted by molar-refractivity contribution is -0.110. The van der Waals surface area contributed by atoms with E-state index in [0.29, 0.717) is 57.0 Å². The number of aliphatic hydroxyl groups is 1. The van der Waals surface area contributed by atoms with E-state index in [9.17, 15) is 23.9 Å². The number of hydrogen-bond donors (Lipinski definition) is 5. The van der Waals surface area contributed by atoms with Gasteiger partial charge in [-0.2, -0.15) is 0 Å². The number of benzene rings is 2. The van der Waals surface area contributed by atoms with Gasteiger partial charge in [0.1, 0.15) is 5.82 Å². The van der Waals surface area contributed by atoms with E-state index in [0.717, 1.165) is 13.1 Å². The molecule has 1 aliphatic heterocycles. The largest absolute Gasteiger partial charge is 0.390 e. The van der Waals surface area contributed by atoms with Crippen molar-refractivity contribution in [2.45, 2.75) is 46.8 Å². The van der Waals surface area contributed by atoms with Gasteiger partial charge in [0.05, 0.1) is 17.2 Å². The third-order valence-electron chi connectivity index (χ3n) is 7.21. The Morgan fingerprint density at radius 2 is 1.76 bits per heavy atom. The fourth-order valence-electron chi connectivity index (χ4n) is 5.06. The van der Waals surface area contributed by atoms with E-state index in [2.05, 4.69) is 25.8 Å². The van der Waals surface area contributed by atoms with Gasteiger partial charge in [-0.05, 0) is 75.8 Å². The topological polar surface area (TPSA) is 127 Å². The summed E-state index contributed by atoms with van der Waals surface area (Å²) in [6.07, 6.45) is 0.882. The molecular weight excluding hydrogens is 537 g/mol. The molecule has 3 amide bonds. The molecule has 0 fully saturated rings. The van der Waals surface area contributed by atoms with Crippen molar-refractivity contribution in [1.29, 1.82) is 0 Å². The van der Waals surface area contributed by atoms with Gasteiger partial charge in [-0.1, -0.05) is 26.0 Å². The van der Waals surface area contributed by atoms with Crippen LogP contribution in [0.4, 0.5) is 10.1 Å². The number of aromatic amines is 1. The van der Waals surface area contributed by atoms with Gasteiger partial charge in [0.15, 0.2) is 0 Å². The normalized spacial score (nSPS) is 14.3. The van der Waals surface area contributed by atoms with Crippen molar-refractivity contribution in [3.05, 3.63) is 76.4 Å². The Morgan fingerprint density at radius 3 is 2.40 bits per heavy atom. The molecule has 0 radical (unpaired) electrons. The number of H-pyrrole nitrogens is 1. The van der Waals surface area contributed by atoms with Crippen molar-refractivity contribution < 1.29 is 23.9 Å². The van der Waals surface area contributed by atoms with Gasteiger partial charge < -0.3 is 30.9 Å². The monoisotopic (exact) mass is 575 g/mol. The Bertz CT molecular complexity index is 1510. The number of carbonyl (C=O) groups excluding carboxylic acids is 3. The van der Waals surface area contributed by atoms with Gasteiger partial charge in [0.2, 0.25) is 0 Å². The summed E-state index contributed by atoms with van der Waals surface area (Å²) in [5.41, 5.74) is 4.26. The highest BCUT2D eigenvalue weighted by molar-refractivity contribution is 6.35. The first-order valence-electron chi connectivity index (χ1n) is 14.2. The zero-order chi connectivity index (χ0) is 30.6. The summed E-state index contributed by atoms with van der Waals surface area (Å²) in [5.74, 6) is -1.44. The zero-order valence-corrected chi connectivity index (χ0v) is 24.6. The number of likely N-dealkylation sites (N-methyl/N-ethyl adjacent to an activating group) is 1. The minimum atomic E-state index is -0.760. The van der Waals surface area contributed by atoms with Crippen LogP contribution >= 0.6 is 0 Å². The summed E-state index contributed by atoms with van der Waals surface area (Å²) in [5, 5.41) is 19.0. The molecule has 9 nitrogen and oxygen atoms in total. The standard InChI is InChI=1S/C32H38FN5O4/c1-6-38(7-2)17-23(39)16-34-32(42)28-19(5)36-27(29(28)20-8-11-22(33)12-9-20)15-25-24-14-21(30(40)35-18(3)4)10-13-26(24)37-31(25)41/h8-15,18,23,36,39H,6-7,16-17H2,1-5H3,(H,34,42)(H,35,40)(H,37,41)/b25-15-. The number of anilines is 1. The van der Waals surface area contributed by atoms with E-state index in [-0.39, 0.29) is 24.4 Å². The van der Waals surface area contributed by atoms with E-state index in [1.807, 2.05) is 27.7 Å². The molecule has 3 aromatic rings. The smallest absolute Gasteiger partial charge is 0.256 e. The number of amides is 3. The highest BCUT2D eigenvalue weighted by atomic mass is 19.1. The SMILES string of the molecule is CCN(CC)CC(O)CNC(=O)c1c(C)[nH]c(/C=C2\C(=O)Nc3ccc(C(=O)NC(C)C)cc32)c1-c1ccc(F)cc1. The summed E-state index contributed by atoms with van der Waals surface area (Å²) in [4.78, 5) is 44.5. The van der Waals surface area contributed by atoms with Gasteiger partial charge >= 0.3 is 0 Å². The molecule has 0 saturated heterocycles. The number of hydrogen-bond acceptors (Lipinski definition) is 5. The summed E-state index contributed by atoms with van der Waals surface area (Å²) in [6, 6.07) is 10.7. The van der Waals surface area contributed by atoms with Crippen LogP contribution in [0.15, 0.2) is 42.5 Å². The highest BCUT2D eigenvalue weighted by Crippen LogP contribution is 2.37. The molecule has 0 saturated carbocycles. The molecule has 5 N–H and O–H groups in total. The van der Waals surface area contributed by atoms with Crippen LogP contribution in [-0.2, 0) is 4.79 Å². The number of aromatic nitrogens is 1. The average Bonchev–Trinajstić information content (AvgIpc) is 3.45. The average molecular weight is 576 g/mol. The molecule has 222 valence electrons. The fraction of sp³-hybridized carbons (Fsp3) is 0.344. The Hall–Kier alpha value is -4.28. The zero-order valence-electron chi connectivity index (χ0n) is 24.6. The molecule has 0 spiro atoms. The van der Waals surface area contributed by atoms with Crippen LogP contribution in [-0.4, -0.2) is 71.0 Å². The Kier molecular flexibility index (Phi) is 9.59. The molecule has 0 bridgehead atoms. The fourth-order valence-corrected chi connectivity index (χ4v) is 5.06. The number of carbonyl (C=O) groups is 3. The van der Waals surface area contributed by atoms with Crippen molar-refractivity contribution in [1.82, 2.24) is 20.5 Å². The number of aryl methyl sites for hydroxylation is 1. The first kappa shape index (κ1) is 30.7. The van der Waals surface area contributed by atoms with Crippen LogP contribution in [0.5, 0.6) is 0 Å². The van der Waals surface area contributed by atoms with Crippen molar-refractivity contribution in [3.63, 3.8) is 0 Å². The number of fused-ring (bicyclic) bond motifs is 1. The van der Waals surface area contributed by atoms with Crippen molar-refractivity contribution in [3.8, 4) is 11.1 Å². The molecule has 2 aromatic carbocycles. The molecule has 4 rings (SSSR count). The molecule has 1 unspecified atom stereocenters. The second-order valence-electron chi connectivity index (χ2n) is 10.7. The van der Waals surface area contributed by atoms with Crippen LogP contribution in [0.25, 0.3) is 22.8 Å². The number of aliphatic hydroxyl groups excluding tert-OH is 1. The van der Waals surface area contributed by atoms with Crippen LogP contribution in [0, 0.1) is 12.7 Å². The summed E-state index contributed by atoms with van der Waals surface area (Å²) < 4.78 is 13.8. The number of rotatable bonds is 11. The van der Waals surface area contributed by atoms with Crippen LogP contribution in [0.2, 0.25) is 0 Å². The lowest BCUT2D eigenvalue weighted by atomic mass is 9.97. The van der Waals surface area contributed by atoms with E-state index in [1.54, 1.807) is 43.3 Å². The molecular formula is C32H38FN5O4. The maximum absolute atomic E-state index is 13.8. The molecule has 1 aromatic heterocycles. The summed E-state index contributed by atoms with van der Waals surface area (Å²) >= 11 is 0. The number of halogens is 1. The van der Waals surface area contributed by atoms with E-state index in [1.165, 1.54) is 12.1 Å². The molecule has 42 heavy (non-hydrogen) atoms. The number of nitrogens with one attached hydrogen (secondary N) is 4. The Labute approximate surface area is 245 Å². The first-order chi connectivity index (χ1) is 20.0. The number of nitrogens with zero attached hydrogens (tertiary/aromatic N) is 1. The van der Waals surface area contributed by atoms with Crippen molar-refractivity contribution in [2.24, 2.45) is 0 Å². The molecule has 2 heterocycles. The first-order valence-corrected chi connectivity index (χ1v) is 14.2. The lowest BCUT2D eigenvalue weighted by Gasteiger charge is -2.22. The van der Waals surface area contributed by atoms with Crippen molar-refractivity contribution in [2.75, 3.05) is 31.5 Å². The van der Waals surface area contributed by atoms with Gasteiger partial charge in [-0.15, -0.1) is 0 Å². The van der Waals surface area contributed by atoms with E-state index in [4.69, 9.17) is 0 Å². The van der Waals surface area contributed by atoms with Gasteiger partial charge in [0.25, 0.3) is 17.7 Å². The summed E-state index contributed by atoms with van der Waals surface area (Å²) in [7, 11) is 0. The second-order valence-corrected chi connectivity index (χ2v) is 10.7. The van der Waals surface area contributed by atoms with E-state index < -0.39 is 17.8 Å². The van der Waals surface area contributed by atoms with Crippen LogP contribution < -0.4 is 16.0 Å². The predicted molar refractivity (Wildman–Crippen MR) is 163 cm³/mol. The quantitative estimate of drug-likeness (QED) is 0.219. The summed E-state index contributed by atoms with van der Waals surface area (Å²) in [6.45, 7) is 11.5. The van der Waals surface area contributed by atoms with E-state index >= 15 is 0 Å². The van der Waals surface area contributed by atoms with Gasteiger partial charge in [0, 0.05) is 52.9 Å². The van der Waals surface area contributed by atoms with Crippen LogP contribution in [0.1, 0.15) is 65.4 Å². The third-order valence-corrected chi connectivity index (χ3v) is 7.21. The molecule has 10 heteroatoms. The minimum Gasteiger partial charge on any atom is -0.390 e. The van der Waals surface area contributed by atoms with Gasteiger partial charge in [-0.3, -0.25) is 14.4 Å². The lowest BCUT2D eigenvalue weighted by Crippen LogP contribution is -2.40. The predicted octanol–water partition coefficient (Wildman–Crippen LogP) is 4.19. The Balaban J connectivity index is 1.74. The minimum absolute atomic E-state index is 0.0518. The van der Waals surface area contributed by atoms with Crippen molar-refractivity contribution >= 4 is 35.1 Å². The van der Waals surface area contributed by atoms with Crippen LogP contribution in [0.3, 0.4) is 0 Å². The van der Waals surface area contributed by atoms with Gasteiger partial charge in [-0.25, -0.2) is 4.39 Å². The molecule has 1 atom stereocenters. The molecule has 0 aliphatic carbocycles. The highest BCUT2D eigenvalue weighted by Gasteiger charge is 2.28. The molecule has 1 aliphatic rings. The maximum atomic E-state index is 13.8. The third kappa shape index (κ3) is 6.78. The second kappa shape index (κ2) is 13.1. The maximum Gasteiger partial charge on any atom is 0.256 e. The Morgan fingerprint density at radius 1 is 1.07 bits per heavy atom.